The lowest BCUT2D eigenvalue weighted by molar-refractivity contribution is 0.116. The fourth-order valence-electron chi connectivity index (χ4n) is 2.31. The molecule has 13 heavy (non-hydrogen) atoms. The van der Waals surface area contributed by atoms with Gasteiger partial charge in [-0.2, -0.15) is 0 Å². The maximum Gasteiger partial charge on any atom is 0.0823 e. The highest BCUT2D eigenvalue weighted by Crippen LogP contribution is 2.32. The van der Waals surface area contributed by atoms with Crippen LogP contribution >= 0.6 is 0 Å². The van der Waals surface area contributed by atoms with Gasteiger partial charge in [-0.3, -0.25) is 0 Å². The van der Waals surface area contributed by atoms with Crippen LogP contribution in [0.25, 0.3) is 0 Å². The van der Waals surface area contributed by atoms with E-state index in [9.17, 15) is 5.11 Å². The molecular weight excluding hydrogens is 164 g/mol. The van der Waals surface area contributed by atoms with Crippen molar-refractivity contribution in [2.24, 2.45) is 11.8 Å². The van der Waals surface area contributed by atoms with Crippen molar-refractivity contribution in [2.45, 2.75) is 44.6 Å². The van der Waals surface area contributed by atoms with Crippen molar-refractivity contribution in [3.05, 3.63) is 0 Å². The van der Waals surface area contributed by atoms with E-state index in [4.69, 9.17) is 4.74 Å². The Kier molecular flexibility index (Phi) is 3.23. The minimum absolute atomic E-state index is 0.179. The number of rotatable bonds is 4. The van der Waals surface area contributed by atoms with Crippen LogP contribution in [-0.4, -0.2) is 24.4 Å². The maximum atomic E-state index is 9.50. The first-order valence-corrected chi connectivity index (χ1v) is 5.62. The van der Waals surface area contributed by atoms with Crippen molar-refractivity contribution < 1.29 is 9.84 Å². The minimum Gasteiger partial charge on any atom is -0.390 e. The average molecular weight is 184 g/mol. The fraction of sp³-hybridized carbons (Fsp3) is 1.00. The molecule has 0 aromatic heterocycles. The molecule has 76 valence electrons. The lowest BCUT2D eigenvalue weighted by Crippen LogP contribution is -2.18. The second kappa shape index (κ2) is 4.43. The van der Waals surface area contributed by atoms with Crippen molar-refractivity contribution in [1.82, 2.24) is 0 Å². The van der Waals surface area contributed by atoms with Crippen LogP contribution in [0.1, 0.15) is 38.5 Å². The molecule has 1 aliphatic carbocycles. The third-order valence-corrected chi connectivity index (χ3v) is 3.58. The highest BCUT2D eigenvalue weighted by Gasteiger charge is 2.26. The van der Waals surface area contributed by atoms with Gasteiger partial charge in [0.25, 0.3) is 0 Å². The van der Waals surface area contributed by atoms with Crippen LogP contribution in [0.3, 0.4) is 0 Å². The van der Waals surface area contributed by atoms with Crippen LogP contribution in [0.15, 0.2) is 0 Å². The standard InChI is InChI=1S/C11H20O2/c12-11-8-13-7-10(11)6-2-5-9-3-1-4-9/h9-12H,1-8H2/t10-,11-/m1/s1. The average Bonchev–Trinajstić information content (AvgIpc) is 2.42. The molecule has 1 saturated heterocycles. The van der Waals surface area contributed by atoms with Gasteiger partial charge in [0.1, 0.15) is 0 Å². The topological polar surface area (TPSA) is 29.5 Å². The molecule has 2 rings (SSSR count). The number of hydrogen-bond donors (Lipinski definition) is 1. The second-order valence-electron chi connectivity index (χ2n) is 4.59. The molecule has 2 nitrogen and oxygen atoms in total. The highest BCUT2D eigenvalue weighted by atomic mass is 16.5. The van der Waals surface area contributed by atoms with Gasteiger partial charge in [0.05, 0.1) is 19.3 Å². The summed E-state index contributed by atoms with van der Waals surface area (Å²) in [4.78, 5) is 0. The lowest BCUT2D eigenvalue weighted by atomic mass is 9.81. The van der Waals surface area contributed by atoms with Crippen molar-refractivity contribution in [3.8, 4) is 0 Å². The Hall–Kier alpha value is -0.0800. The molecule has 2 aliphatic rings. The van der Waals surface area contributed by atoms with Crippen LogP contribution in [0.5, 0.6) is 0 Å². The third-order valence-electron chi connectivity index (χ3n) is 3.58. The molecule has 0 unspecified atom stereocenters. The molecule has 1 saturated carbocycles. The normalized spacial score (nSPS) is 34.8. The molecule has 0 spiro atoms. The van der Waals surface area contributed by atoms with E-state index in [1.54, 1.807) is 0 Å². The SMILES string of the molecule is O[C@@H]1COC[C@H]1CCCC1CCC1. The monoisotopic (exact) mass is 184 g/mol. The first-order valence-electron chi connectivity index (χ1n) is 5.62. The summed E-state index contributed by atoms with van der Waals surface area (Å²) in [6, 6.07) is 0. The second-order valence-corrected chi connectivity index (χ2v) is 4.59. The van der Waals surface area contributed by atoms with Gasteiger partial charge < -0.3 is 9.84 Å². The zero-order chi connectivity index (χ0) is 9.10. The summed E-state index contributed by atoms with van der Waals surface area (Å²) in [7, 11) is 0. The molecule has 2 heteroatoms. The Balaban J connectivity index is 1.56. The Bertz CT molecular complexity index is 154. The van der Waals surface area contributed by atoms with Crippen LogP contribution in [-0.2, 0) is 4.74 Å². The van der Waals surface area contributed by atoms with Crippen molar-refractivity contribution in [1.29, 1.82) is 0 Å². The van der Waals surface area contributed by atoms with E-state index in [0.29, 0.717) is 12.5 Å². The molecule has 0 radical (unpaired) electrons. The van der Waals surface area contributed by atoms with Gasteiger partial charge in [0, 0.05) is 5.92 Å². The number of hydrogen-bond acceptors (Lipinski definition) is 2. The van der Waals surface area contributed by atoms with E-state index >= 15 is 0 Å². The van der Waals surface area contributed by atoms with Crippen LogP contribution in [0.4, 0.5) is 0 Å². The van der Waals surface area contributed by atoms with Crippen LogP contribution in [0, 0.1) is 11.8 Å². The molecule has 1 aliphatic heterocycles. The zero-order valence-corrected chi connectivity index (χ0v) is 8.24. The molecular formula is C11H20O2. The molecule has 0 aromatic rings. The minimum atomic E-state index is -0.179. The molecule has 0 amide bonds. The van der Waals surface area contributed by atoms with E-state index in [0.717, 1.165) is 18.9 Å². The van der Waals surface area contributed by atoms with Crippen molar-refractivity contribution in [2.75, 3.05) is 13.2 Å². The van der Waals surface area contributed by atoms with E-state index in [1.807, 2.05) is 0 Å². The zero-order valence-electron chi connectivity index (χ0n) is 8.24. The van der Waals surface area contributed by atoms with Gasteiger partial charge in [-0.15, -0.1) is 0 Å². The Labute approximate surface area is 80.3 Å². The summed E-state index contributed by atoms with van der Waals surface area (Å²) in [5, 5.41) is 9.50. The molecule has 1 N–H and O–H groups in total. The fourth-order valence-corrected chi connectivity index (χ4v) is 2.31. The smallest absolute Gasteiger partial charge is 0.0823 e. The number of aliphatic hydroxyl groups is 1. The summed E-state index contributed by atoms with van der Waals surface area (Å²) in [6.45, 7) is 1.35. The summed E-state index contributed by atoms with van der Waals surface area (Å²) in [6.07, 6.45) is 7.99. The van der Waals surface area contributed by atoms with E-state index in [2.05, 4.69) is 0 Å². The summed E-state index contributed by atoms with van der Waals surface area (Å²) in [5.41, 5.74) is 0. The quantitative estimate of drug-likeness (QED) is 0.723. The van der Waals surface area contributed by atoms with Crippen molar-refractivity contribution in [3.63, 3.8) is 0 Å². The van der Waals surface area contributed by atoms with Crippen LogP contribution in [0.2, 0.25) is 0 Å². The van der Waals surface area contributed by atoms with Gasteiger partial charge in [0.2, 0.25) is 0 Å². The summed E-state index contributed by atoms with van der Waals surface area (Å²) in [5.74, 6) is 1.44. The van der Waals surface area contributed by atoms with Gasteiger partial charge in [-0.1, -0.05) is 32.1 Å². The molecule has 0 aromatic carbocycles. The van der Waals surface area contributed by atoms with E-state index in [1.165, 1.54) is 32.1 Å². The largest absolute Gasteiger partial charge is 0.390 e. The summed E-state index contributed by atoms with van der Waals surface area (Å²) < 4.78 is 5.22. The summed E-state index contributed by atoms with van der Waals surface area (Å²) >= 11 is 0. The number of aliphatic hydroxyl groups excluding tert-OH is 1. The van der Waals surface area contributed by atoms with Gasteiger partial charge in [-0.25, -0.2) is 0 Å². The van der Waals surface area contributed by atoms with Crippen LogP contribution < -0.4 is 0 Å². The van der Waals surface area contributed by atoms with Gasteiger partial charge in [-0.05, 0) is 12.3 Å². The maximum absolute atomic E-state index is 9.50. The first kappa shape index (κ1) is 9.47. The molecule has 0 bridgehead atoms. The molecule has 2 fully saturated rings. The molecule has 1 heterocycles. The Morgan fingerprint density at radius 1 is 1.15 bits per heavy atom. The van der Waals surface area contributed by atoms with E-state index in [-0.39, 0.29) is 6.10 Å². The Morgan fingerprint density at radius 3 is 2.54 bits per heavy atom. The van der Waals surface area contributed by atoms with Gasteiger partial charge in [0.15, 0.2) is 0 Å². The number of ether oxygens (including phenoxy) is 1. The predicted molar refractivity (Wildman–Crippen MR) is 51.5 cm³/mol. The van der Waals surface area contributed by atoms with E-state index < -0.39 is 0 Å². The third kappa shape index (κ3) is 2.44. The van der Waals surface area contributed by atoms with Crippen molar-refractivity contribution >= 4 is 0 Å². The molecule has 2 atom stereocenters. The predicted octanol–water partition coefficient (Wildman–Crippen LogP) is 1.96. The first-order chi connectivity index (χ1) is 6.36. The highest BCUT2D eigenvalue weighted by molar-refractivity contribution is 4.75. The Morgan fingerprint density at radius 2 is 2.00 bits per heavy atom. The van der Waals surface area contributed by atoms with Gasteiger partial charge >= 0.3 is 0 Å². The lowest BCUT2D eigenvalue weighted by Gasteiger charge is -2.25.